The van der Waals surface area contributed by atoms with Gasteiger partial charge in [0.15, 0.2) is 11.5 Å². The fourth-order valence-electron chi connectivity index (χ4n) is 2.38. The van der Waals surface area contributed by atoms with Gasteiger partial charge in [-0.1, -0.05) is 19.9 Å². The molecule has 0 aliphatic carbocycles. The second kappa shape index (κ2) is 6.61. The predicted octanol–water partition coefficient (Wildman–Crippen LogP) is 1.82. The summed E-state index contributed by atoms with van der Waals surface area (Å²) in [7, 11) is 1.37. The van der Waals surface area contributed by atoms with Crippen LogP contribution in [0, 0.1) is 5.92 Å². The summed E-state index contributed by atoms with van der Waals surface area (Å²) in [6.07, 6.45) is 4.77. The number of rotatable bonds is 5. The molecular weight excluding hydrogens is 308 g/mol. The Kier molecular flexibility index (Phi) is 4.37. The van der Waals surface area contributed by atoms with Crippen LogP contribution in [0.25, 0.3) is 16.9 Å². The number of nitrogens with one attached hydrogen (secondary N) is 1. The SMILES string of the molecule is COC(=O)C(Nc1ncnc2c1cnn2-c1ccccn1)C(C)C. The van der Waals surface area contributed by atoms with E-state index in [1.807, 2.05) is 32.0 Å². The molecule has 0 aromatic carbocycles. The summed E-state index contributed by atoms with van der Waals surface area (Å²) >= 11 is 0. The summed E-state index contributed by atoms with van der Waals surface area (Å²) < 4.78 is 6.49. The van der Waals surface area contributed by atoms with Gasteiger partial charge in [-0.25, -0.2) is 19.7 Å². The quantitative estimate of drug-likeness (QED) is 0.715. The van der Waals surface area contributed by atoms with Gasteiger partial charge in [-0.2, -0.15) is 9.78 Å². The Hall–Kier alpha value is -3.03. The Morgan fingerprint density at radius 1 is 1.25 bits per heavy atom. The van der Waals surface area contributed by atoms with Gasteiger partial charge >= 0.3 is 5.97 Å². The van der Waals surface area contributed by atoms with Crippen LogP contribution in [-0.4, -0.2) is 43.9 Å². The Morgan fingerprint density at radius 3 is 2.75 bits per heavy atom. The smallest absolute Gasteiger partial charge is 0.328 e. The molecule has 8 nitrogen and oxygen atoms in total. The first-order valence-corrected chi connectivity index (χ1v) is 7.56. The summed E-state index contributed by atoms with van der Waals surface area (Å²) in [5.41, 5.74) is 0.610. The molecule has 3 aromatic heterocycles. The summed E-state index contributed by atoms with van der Waals surface area (Å²) in [6, 6.07) is 5.04. The number of hydrogen-bond donors (Lipinski definition) is 1. The number of nitrogens with zero attached hydrogens (tertiary/aromatic N) is 5. The Labute approximate surface area is 138 Å². The van der Waals surface area contributed by atoms with Crippen molar-refractivity contribution in [1.82, 2.24) is 24.7 Å². The van der Waals surface area contributed by atoms with E-state index in [0.29, 0.717) is 22.7 Å². The van der Waals surface area contributed by atoms with Gasteiger partial charge in [-0.05, 0) is 18.1 Å². The highest BCUT2D eigenvalue weighted by molar-refractivity contribution is 5.89. The van der Waals surface area contributed by atoms with Crippen molar-refractivity contribution in [2.45, 2.75) is 19.9 Å². The molecule has 0 aliphatic heterocycles. The molecule has 0 spiro atoms. The number of hydrogen-bond acceptors (Lipinski definition) is 7. The standard InChI is InChI=1S/C16H18N6O2/c1-10(2)13(16(23)24-3)21-14-11-8-20-22(15(11)19-9-18-14)12-6-4-5-7-17-12/h4-10,13H,1-3H3,(H,18,19,21). The van der Waals surface area contributed by atoms with Crippen molar-refractivity contribution in [2.24, 2.45) is 5.92 Å². The molecule has 0 bridgehead atoms. The van der Waals surface area contributed by atoms with Crippen LogP contribution in [0.3, 0.4) is 0 Å². The van der Waals surface area contributed by atoms with Crippen LogP contribution in [0.5, 0.6) is 0 Å². The van der Waals surface area contributed by atoms with E-state index in [9.17, 15) is 4.79 Å². The van der Waals surface area contributed by atoms with Crippen LogP contribution in [0.2, 0.25) is 0 Å². The van der Waals surface area contributed by atoms with E-state index >= 15 is 0 Å². The van der Waals surface area contributed by atoms with Gasteiger partial charge in [-0.15, -0.1) is 0 Å². The predicted molar refractivity (Wildman–Crippen MR) is 88.7 cm³/mol. The average molecular weight is 326 g/mol. The van der Waals surface area contributed by atoms with E-state index in [0.717, 1.165) is 0 Å². The fourth-order valence-corrected chi connectivity index (χ4v) is 2.38. The van der Waals surface area contributed by atoms with Crippen molar-refractivity contribution in [3.63, 3.8) is 0 Å². The summed E-state index contributed by atoms with van der Waals surface area (Å²) in [4.78, 5) is 24.8. The molecule has 3 heterocycles. The number of esters is 1. The normalized spacial score (nSPS) is 12.3. The van der Waals surface area contributed by atoms with Gasteiger partial charge in [-0.3, -0.25) is 0 Å². The summed E-state index contributed by atoms with van der Waals surface area (Å²) in [6.45, 7) is 3.87. The molecule has 1 atom stereocenters. The Balaban J connectivity index is 2.01. The number of carbonyl (C=O) groups excluding carboxylic acids is 1. The van der Waals surface area contributed by atoms with E-state index in [1.54, 1.807) is 17.1 Å². The van der Waals surface area contributed by atoms with Crippen molar-refractivity contribution in [1.29, 1.82) is 0 Å². The maximum absolute atomic E-state index is 12.0. The van der Waals surface area contributed by atoms with E-state index < -0.39 is 6.04 Å². The minimum absolute atomic E-state index is 0.0355. The average Bonchev–Trinajstić information content (AvgIpc) is 3.04. The molecule has 124 valence electrons. The van der Waals surface area contributed by atoms with Gasteiger partial charge < -0.3 is 10.1 Å². The first-order valence-electron chi connectivity index (χ1n) is 7.56. The lowest BCUT2D eigenvalue weighted by Gasteiger charge is -2.20. The lowest BCUT2D eigenvalue weighted by molar-refractivity contribution is -0.142. The maximum Gasteiger partial charge on any atom is 0.328 e. The molecule has 0 saturated heterocycles. The van der Waals surface area contributed by atoms with E-state index in [1.165, 1.54) is 13.4 Å². The molecular formula is C16H18N6O2. The van der Waals surface area contributed by atoms with Crippen molar-refractivity contribution in [2.75, 3.05) is 12.4 Å². The van der Waals surface area contributed by atoms with Crippen LogP contribution in [-0.2, 0) is 9.53 Å². The lowest BCUT2D eigenvalue weighted by atomic mass is 10.0. The van der Waals surface area contributed by atoms with Crippen molar-refractivity contribution in [3.05, 3.63) is 36.9 Å². The second-order valence-electron chi connectivity index (χ2n) is 5.59. The minimum Gasteiger partial charge on any atom is -0.467 e. The van der Waals surface area contributed by atoms with Crippen LogP contribution in [0.15, 0.2) is 36.9 Å². The Morgan fingerprint density at radius 2 is 2.08 bits per heavy atom. The third kappa shape index (κ3) is 2.90. The summed E-state index contributed by atoms with van der Waals surface area (Å²) in [5.74, 6) is 0.888. The number of methoxy groups -OCH3 is 1. The fraction of sp³-hybridized carbons (Fsp3) is 0.312. The summed E-state index contributed by atoms with van der Waals surface area (Å²) in [5, 5.41) is 8.18. The molecule has 1 N–H and O–H groups in total. The molecule has 0 amide bonds. The number of fused-ring (bicyclic) bond motifs is 1. The minimum atomic E-state index is -0.508. The van der Waals surface area contributed by atoms with Gasteiger partial charge in [0.2, 0.25) is 0 Å². The topological polar surface area (TPSA) is 94.8 Å². The van der Waals surface area contributed by atoms with Crippen LogP contribution in [0.1, 0.15) is 13.8 Å². The molecule has 1 unspecified atom stereocenters. The van der Waals surface area contributed by atoms with Gasteiger partial charge in [0, 0.05) is 6.20 Å². The zero-order valence-corrected chi connectivity index (χ0v) is 13.7. The van der Waals surface area contributed by atoms with Crippen LogP contribution < -0.4 is 5.32 Å². The first kappa shape index (κ1) is 15.9. The van der Waals surface area contributed by atoms with Crippen molar-refractivity contribution in [3.8, 4) is 5.82 Å². The third-order valence-corrected chi connectivity index (χ3v) is 3.65. The molecule has 8 heteroatoms. The van der Waals surface area contributed by atoms with Crippen molar-refractivity contribution < 1.29 is 9.53 Å². The second-order valence-corrected chi connectivity index (χ2v) is 5.59. The van der Waals surface area contributed by atoms with Gasteiger partial charge in [0.25, 0.3) is 0 Å². The van der Waals surface area contributed by atoms with Crippen molar-refractivity contribution >= 4 is 22.8 Å². The highest BCUT2D eigenvalue weighted by atomic mass is 16.5. The Bertz CT molecular complexity index is 846. The van der Waals surface area contributed by atoms with Crippen LogP contribution in [0.4, 0.5) is 5.82 Å². The molecule has 3 rings (SSSR count). The number of ether oxygens (including phenoxy) is 1. The number of pyridine rings is 1. The molecule has 3 aromatic rings. The van der Waals surface area contributed by atoms with E-state index in [2.05, 4.69) is 25.4 Å². The van der Waals surface area contributed by atoms with E-state index in [-0.39, 0.29) is 11.9 Å². The zero-order chi connectivity index (χ0) is 17.1. The third-order valence-electron chi connectivity index (χ3n) is 3.65. The first-order chi connectivity index (χ1) is 11.6. The molecule has 0 fully saturated rings. The largest absolute Gasteiger partial charge is 0.467 e. The molecule has 24 heavy (non-hydrogen) atoms. The molecule has 0 saturated carbocycles. The highest BCUT2D eigenvalue weighted by Gasteiger charge is 2.24. The van der Waals surface area contributed by atoms with E-state index in [4.69, 9.17) is 4.74 Å². The zero-order valence-electron chi connectivity index (χ0n) is 13.7. The maximum atomic E-state index is 12.0. The van der Waals surface area contributed by atoms with Gasteiger partial charge in [0.05, 0.1) is 18.7 Å². The monoisotopic (exact) mass is 326 g/mol. The molecule has 0 radical (unpaired) electrons. The number of carbonyl (C=O) groups is 1. The van der Waals surface area contributed by atoms with Gasteiger partial charge in [0.1, 0.15) is 18.2 Å². The lowest BCUT2D eigenvalue weighted by Crippen LogP contribution is -2.35. The highest BCUT2D eigenvalue weighted by Crippen LogP contribution is 2.22. The molecule has 0 aliphatic rings. The van der Waals surface area contributed by atoms with Crippen LogP contribution >= 0.6 is 0 Å². The number of aromatic nitrogens is 5. The number of anilines is 1.